The van der Waals surface area contributed by atoms with Gasteiger partial charge in [0, 0.05) is 5.56 Å². The Morgan fingerprint density at radius 1 is 1.46 bits per heavy atom. The van der Waals surface area contributed by atoms with Crippen molar-refractivity contribution >= 4 is 6.08 Å². The maximum Gasteiger partial charge on any atom is 0.126 e. The fourth-order valence-corrected chi connectivity index (χ4v) is 1.13. The van der Waals surface area contributed by atoms with Crippen LogP contribution >= 0.6 is 0 Å². The molecule has 0 amide bonds. The average molecular weight is 178 g/mol. The molecule has 1 rings (SSSR count). The first kappa shape index (κ1) is 9.65. The summed E-state index contributed by atoms with van der Waals surface area (Å²) in [6, 6.07) is 5.67. The van der Waals surface area contributed by atoms with Gasteiger partial charge in [-0.05, 0) is 25.1 Å². The highest BCUT2D eigenvalue weighted by Crippen LogP contribution is 2.24. The fourth-order valence-electron chi connectivity index (χ4n) is 1.13. The third-order valence-electron chi connectivity index (χ3n) is 1.73. The van der Waals surface area contributed by atoms with E-state index in [1.165, 1.54) is 0 Å². The van der Waals surface area contributed by atoms with Crippen LogP contribution < -0.4 is 9.47 Å². The molecule has 70 valence electrons. The first-order valence-electron chi connectivity index (χ1n) is 4.25. The van der Waals surface area contributed by atoms with Gasteiger partial charge in [0.2, 0.25) is 0 Å². The molecule has 0 aromatic heterocycles. The maximum atomic E-state index is 5.34. The summed E-state index contributed by atoms with van der Waals surface area (Å²) in [6.07, 6.45) is 1.75. The zero-order valence-electron chi connectivity index (χ0n) is 8.04. The number of methoxy groups -OCH3 is 1. The highest BCUT2D eigenvalue weighted by atomic mass is 16.5. The first-order chi connectivity index (χ1) is 6.31. The van der Waals surface area contributed by atoms with Gasteiger partial charge in [0.15, 0.2) is 0 Å². The Labute approximate surface area is 78.8 Å². The Morgan fingerprint density at radius 2 is 2.23 bits per heavy atom. The van der Waals surface area contributed by atoms with Gasteiger partial charge in [-0.1, -0.05) is 12.7 Å². The molecule has 0 saturated carbocycles. The normalized spacial score (nSPS) is 9.38. The third-order valence-corrected chi connectivity index (χ3v) is 1.73. The molecule has 0 aliphatic rings. The van der Waals surface area contributed by atoms with Gasteiger partial charge in [0.1, 0.15) is 11.5 Å². The number of hydrogen-bond donors (Lipinski definition) is 0. The number of ether oxygens (including phenoxy) is 2. The number of hydrogen-bond acceptors (Lipinski definition) is 2. The van der Waals surface area contributed by atoms with E-state index in [0.29, 0.717) is 6.61 Å². The van der Waals surface area contributed by atoms with E-state index in [9.17, 15) is 0 Å². The van der Waals surface area contributed by atoms with Crippen molar-refractivity contribution in [2.45, 2.75) is 6.92 Å². The van der Waals surface area contributed by atoms with Crippen LogP contribution in [0.2, 0.25) is 0 Å². The lowest BCUT2D eigenvalue weighted by Gasteiger charge is -2.07. The Hall–Kier alpha value is -1.44. The fraction of sp³-hybridized carbons (Fsp3) is 0.273. The summed E-state index contributed by atoms with van der Waals surface area (Å²) < 4.78 is 10.5. The molecular weight excluding hydrogens is 164 g/mol. The van der Waals surface area contributed by atoms with E-state index in [2.05, 4.69) is 6.58 Å². The van der Waals surface area contributed by atoms with Gasteiger partial charge in [-0.3, -0.25) is 0 Å². The Morgan fingerprint density at radius 3 is 2.77 bits per heavy atom. The zero-order valence-corrected chi connectivity index (χ0v) is 8.04. The third kappa shape index (κ3) is 2.25. The Bertz CT molecular complexity index is 292. The molecule has 0 aliphatic heterocycles. The van der Waals surface area contributed by atoms with Crippen LogP contribution in [-0.4, -0.2) is 13.7 Å². The van der Waals surface area contributed by atoms with Gasteiger partial charge in [0.25, 0.3) is 0 Å². The molecule has 0 fully saturated rings. The van der Waals surface area contributed by atoms with Crippen LogP contribution in [0, 0.1) is 0 Å². The number of benzene rings is 1. The Balaban J connectivity index is 2.98. The lowest BCUT2D eigenvalue weighted by Crippen LogP contribution is -1.93. The average Bonchev–Trinajstić information content (AvgIpc) is 2.18. The largest absolute Gasteiger partial charge is 0.496 e. The van der Waals surface area contributed by atoms with E-state index in [4.69, 9.17) is 9.47 Å². The second-order valence-electron chi connectivity index (χ2n) is 2.54. The van der Waals surface area contributed by atoms with Crippen LogP contribution in [0.25, 0.3) is 6.08 Å². The van der Waals surface area contributed by atoms with Crippen LogP contribution in [0.15, 0.2) is 24.8 Å². The van der Waals surface area contributed by atoms with Gasteiger partial charge in [-0.15, -0.1) is 0 Å². The topological polar surface area (TPSA) is 18.5 Å². The molecule has 1 aromatic rings. The van der Waals surface area contributed by atoms with Crippen LogP contribution in [-0.2, 0) is 0 Å². The minimum absolute atomic E-state index is 0.670. The molecule has 0 bridgehead atoms. The minimum atomic E-state index is 0.670. The molecule has 13 heavy (non-hydrogen) atoms. The van der Waals surface area contributed by atoms with Crippen molar-refractivity contribution in [1.29, 1.82) is 0 Å². The Kier molecular flexibility index (Phi) is 3.38. The molecule has 0 radical (unpaired) electrons. The van der Waals surface area contributed by atoms with Crippen molar-refractivity contribution in [3.05, 3.63) is 30.3 Å². The second kappa shape index (κ2) is 4.55. The van der Waals surface area contributed by atoms with Crippen molar-refractivity contribution < 1.29 is 9.47 Å². The zero-order chi connectivity index (χ0) is 9.68. The maximum absolute atomic E-state index is 5.34. The first-order valence-corrected chi connectivity index (χ1v) is 4.25. The SMILES string of the molecule is C=Cc1cc(OCC)ccc1OC. The highest BCUT2D eigenvalue weighted by Gasteiger charge is 2.00. The summed E-state index contributed by atoms with van der Waals surface area (Å²) in [7, 11) is 1.64. The summed E-state index contributed by atoms with van der Waals surface area (Å²) >= 11 is 0. The van der Waals surface area contributed by atoms with Crippen molar-refractivity contribution in [1.82, 2.24) is 0 Å². The highest BCUT2D eigenvalue weighted by molar-refractivity contribution is 5.58. The molecule has 1 aromatic carbocycles. The van der Waals surface area contributed by atoms with E-state index in [-0.39, 0.29) is 0 Å². The number of rotatable bonds is 4. The summed E-state index contributed by atoms with van der Waals surface area (Å²) in [4.78, 5) is 0. The molecule has 0 spiro atoms. The monoisotopic (exact) mass is 178 g/mol. The van der Waals surface area contributed by atoms with Crippen LogP contribution in [0.1, 0.15) is 12.5 Å². The lowest BCUT2D eigenvalue weighted by molar-refractivity contribution is 0.339. The van der Waals surface area contributed by atoms with Crippen LogP contribution in [0.4, 0.5) is 0 Å². The van der Waals surface area contributed by atoms with Gasteiger partial charge < -0.3 is 9.47 Å². The van der Waals surface area contributed by atoms with Gasteiger partial charge in [0.05, 0.1) is 13.7 Å². The van der Waals surface area contributed by atoms with E-state index in [0.717, 1.165) is 17.1 Å². The molecule has 0 saturated heterocycles. The quantitative estimate of drug-likeness (QED) is 0.705. The summed E-state index contributed by atoms with van der Waals surface area (Å²) in [5, 5.41) is 0. The lowest BCUT2D eigenvalue weighted by atomic mass is 10.2. The van der Waals surface area contributed by atoms with Crippen molar-refractivity contribution in [3.63, 3.8) is 0 Å². The summed E-state index contributed by atoms with van der Waals surface area (Å²) in [5.41, 5.74) is 0.952. The van der Waals surface area contributed by atoms with Crippen molar-refractivity contribution in [2.75, 3.05) is 13.7 Å². The minimum Gasteiger partial charge on any atom is -0.496 e. The van der Waals surface area contributed by atoms with E-state index in [1.54, 1.807) is 13.2 Å². The van der Waals surface area contributed by atoms with Gasteiger partial charge in [-0.25, -0.2) is 0 Å². The molecule has 0 N–H and O–H groups in total. The molecule has 2 nitrogen and oxygen atoms in total. The summed E-state index contributed by atoms with van der Waals surface area (Å²) in [6.45, 7) is 6.33. The molecule has 0 unspecified atom stereocenters. The van der Waals surface area contributed by atoms with Crippen LogP contribution in [0.5, 0.6) is 11.5 Å². The molecular formula is C11H14O2. The van der Waals surface area contributed by atoms with Crippen molar-refractivity contribution in [3.8, 4) is 11.5 Å². The van der Waals surface area contributed by atoms with Gasteiger partial charge >= 0.3 is 0 Å². The predicted molar refractivity (Wildman–Crippen MR) is 54.3 cm³/mol. The van der Waals surface area contributed by atoms with Crippen molar-refractivity contribution in [2.24, 2.45) is 0 Å². The molecule has 0 atom stereocenters. The second-order valence-corrected chi connectivity index (χ2v) is 2.54. The van der Waals surface area contributed by atoms with E-state index in [1.807, 2.05) is 25.1 Å². The standard InChI is InChI=1S/C11H14O2/c1-4-9-8-10(13-5-2)6-7-11(9)12-3/h4,6-8H,1,5H2,2-3H3. The predicted octanol–water partition coefficient (Wildman–Crippen LogP) is 2.74. The molecule has 2 heteroatoms. The van der Waals surface area contributed by atoms with E-state index < -0.39 is 0 Å². The smallest absolute Gasteiger partial charge is 0.126 e. The van der Waals surface area contributed by atoms with Crippen LogP contribution in [0.3, 0.4) is 0 Å². The molecule has 0 heterocycles. The molecule has 0 aliphatic carbocycles. The summed E-state index contributed by atoms with van der Waals surface area (Å²) in [5.74, 6) is 1.66. The van der Waals surface area contributed by atoms with Gasteiger partial charge in [-0.2, -0.15) is 0 Å². The van der Waals surface area contributed by atoms with E-state index >= 15 is 0 Å².